The third-order valence-electron chi connectivity index (χ3n) is 4.05. The molecule has 1 aromatic carbocycles. The number of carboxylic acids is 1. The van der Waals surface area contributed by atoms with Gasteiger partial charge in [-0.2, -0.15) is 0 Å². The molecule has 1 aromatic rings. The van der Waals surface area contributed by atoms with Gasteiger partial charge in [-0.05, 0) is 43.7 Å². The average molecular weight is 293 g/mol. The Balaban J connectivity index is 2.32. The van der Waals surface area contributed by atoms with E-state index in [9.17, 15) is 14.9 Å². The highest BCUT2D eigenvalue weighted by atomic mass is 16.6. The van der Waals surface area contributed by atoms with Gasteiger partial charge in [-0.15, -0.1) is 0 Å². The van der Waals surface area contributed by atoms with Gasteiger partial charge in [-0.1, -0.05) is 19.4 Å². The first-order valence-electron chi connectivity index (χ1n) is 7.22. The molecule has 2 atom stereocenters. The van der Waals surface area contributed by atoms with E-state index in [0.29, 0.717) is 5.92 Å². The number of hydrogen-bond acceptors (Lipinski definition) is 4. The van der Waals surface area contributed by atoms with Crippen molar-refractivity contribution in [3.63, 3.8) is 0 Å². The minimum Gasteiger partial charge on any atom is -0.483 e. The zero-order chi connectivity index (χ0) is 15.4. The number of benzene rings is 1. The lowest BCUT2D eigenvalue weighted by Crippen LogP contribution is -2.30. The molecule has 21 heavy (non-hydrogen) atoms. The van der Waals surface area contributed by atoms with Crippen LogP contribution in [0.2, 0.25) is 0 Å². The first-order valence-corrected chi connectivity index (χ1v) is 7.22. The Kier molecular flexibility index (Phi) is 4.77. The summed E-state index contributed by atoms with van der Waals surface area (Å²) in [6.45, 7) is 2.08. The van der Waals surface area contributed by atoms with E-state index in [1.165, 1.54) is 18.2 Å². The van der Waals surface area contributed by atoms with Crippen molar-refractivity contribution in [3.05, 3.63) is 33.9 Å². The van der Waals surface area contributed by atoms with E-state index in [4.69, 9.17) is 9.84 Å². The number of carbonyl (C=O) groups is 1. The normalized spacial score (nSPS) is 21.8. The summed E-state index contributed by atoms with van der Waals surface area (Å²) >= 11 is 0. The Labute approximate surface area is 122 Å². The van der Waals surface area contributed by atoms with Crippen molar-refractivity contribution < 1.29 is 19.6 Å². The number of nitro groups is 1. The van der Waals surface area contributed by atoms with Gasteiger partial charge in [0.1, 0.15) is 11.7 Å². The van der Waals surface area contributed by atoms with Crippen LogP contribution in [-0.2, 0) is 0 Å². The van der Waals surface area contributed by atoms with Gasteiger partial charge in [0.15, 0.2) is 5.75 Å². The first-order chi connectivity index (χ1) is 10.0. The van der Waals surface area contributed by atoms with E-state index in [-0.39, 0.29) is 17.4 Å². The third-order valence-corrected chi connectivity index (χ3v) is 4.05. The minimum atomic E-state index is -1.32. The van der Waals surface area contributed by atoms with E-state index in [2.05, 4.69) is 6.92 Å². The number of nitrogens with zero attached hydrogens (tertiary/aromatic N) is 1. The Morgan fingerprint density at radius 3 is 2.76 bits per heavy atom. The molecule has 0 aromatic heterocycles. The summed E-state index contributed by atoms with van der Waals surface area (Å²) in [6.07, 6.45) is 4.97. The standard InChI is InChI=1S/C15H19NO5/c1-2-10-6-3-4-8-12(10)21-13-9-5-7-11(15(17)18)14(13)16(19)20/h5,7,9-10,12H,2-4,6,8H2,1H3,(H,17,18). The number of nitro benzene ring substituents is 1. The Morgan fingerprint density at radius 2 is 2.14 bits per heavy atom. The van der Waals surface area contributed by atoms with Gasteiger partial charge < -0.3 is 9.84 Å². The Hall–Kier alpha value is -2.11. The summed E-state index contributed by atoms with van der Waals surface area (Å²) in [7, 11) is 0. The van der Waals surface area contributed by atoms with Crippen LogP contribution in [0, 0.1) is 16.0 Å². The lowest BCUT2D eigenvalue weighted by atomic mass is 9.84. The molecule has 114 valence electrons. The average Bonchev–Trinajstić information content (AvgIpc) is 2.47. The summed E-state index contributed by atoms with van der Waals surface area (Å²) in [5, 5.41) is 20.3. The van der Waals surface area contributed by atoms with Crippen molar-refractivity contribution >= 4 is 11.7 Å². The molecule has 6 heteroatoms. The molecule has 0 heterocycles. The van der Waals surface area contributed by atoms with Crippen molar-refractivity contribution in [2.45, 2.75) is 45.1 Å². The topological polar surface area (TPSA) is 89.7 Å². The van der Waals surface area contributed by atoms with Crippen LogP contribution < -0.4 is 4.74 Å². The maximum Gasteiger partial charge on any atom is 0.342 e. The summed E-state index contributed by atoms with van der Waals surface area (Å²) in [5.74, 6) is -0.889. The Bertz CT molecular complexity index is 543. The van der Waals surface area contributed by atoms with Crippen LogP contribution in [-0.4, -0.2) is 22.1 Å². The van der Waals surface area contributed by atoms with Crippen molar-refractivity contribution in [3.8, 4) is 5.75 Å². The predicted molar refractivity (Wildman–Crippen MR) is 76.7 cm³/mol. The number of para-hydroxylation sites is 1. The molecule has 0 spiro atoms. The number of rotatable bonds is 5. The predicted octanol–water partition coefficient (Wildman–Crippen LogP) is 3.64. The molecule has 1 aliphatic rings. The van der Waals surface area contributed by atoms with Crippen LogP contribution in [0.1, 0.15) is 49.4 Å². The van der Waals surface area contributed by atoms with Crippen molar-refractivity contribution in [1.82, 2.24) is 0 Å². The molecule has 0 bridgehead atoms. The molecular formula is C15H19NO5. The zero-order valence-corrected chi connectivity index (χ0v) is 11.9. The lowest BCUT2D eigenvalue weighted by molar-refractivity contribution is -0.386. The number of hydrogen-bond donors (Lipinski definition) is 1. The van der Waals surface area contributed by atoms with E-state index in [1.54, 1.807) is 0 Å². The van der Waals surface area contributed by atoms with Gasteiger partial charge in [0.25, 0.3) is 0 Å². The SMILES string of the molecule is CCC1CCCCC1Oc1cccc(C(=O)O)c1[N+](=O)[O-]. The zero-order valence-electron chi connectivity index (χ0n) is 11.9. The highest BCUT2D eigenvalue weighted by Gasteiger charge is 2.30. The molecule has 0 aliphatic heterocycles. The van der Waals surface area contributed by atoms with E-state index < -0.39 is 16.6 Å². The van der Waals surface area contributed by atoms with Crippen molar-refractivity contribution in [1.29, 1.82) is 0 Å². The molecule has 2 rings (SSSR count). The Morgan fingerprint density at radius 1 is 1.43 bits per heavy atom. The largest absolute Gasteiger partial charge is 0.483 e. The molecule has 6 nitrogen and oxygen atoms in total. The molecular weight excluding hydrogens is 274 g/mol. The van der Waals surface area contributed by atoms with E-state index in [1.807, 2.05) is 0 Å². The van der Waals surface area contributed by atoms with Crippen LogP contribution in [0.25, 0.3) is 0 Å². The quantitative estimate of drug-likeness (QED) is 0.661. The number of ether oxygens (including phenoxy) is 1. The fourth-order valence-corrected chi connectivity index (χ4v) is 2.94. The number of carboxylic acid groups (broad SMARTS) is 1. The smallest absolute Gasteiger partial charge is 0.342 e. The molecule has 1 N–H and O–H groups in total. The fraction of sp³-hybridized carbons (Fsp3) is 0.533. The molecule has 0 saturated heterocycles. The van der Waals surface area contributed by atoms with Gasteiger partial charge in [-0.25, -0.2) is 4.79 Å². The number of aromatic carboxylic acids is 1. The summed E-state index contributed by atoms with van der Waals surface area (Å²) < 4.78 is 5.84. The first kappa shape index (κ1) is 15.3. The molecule has 1 aliphatic carbocycles. The third kappa shape index (κ3) is 3.32. The summed E-state index contributed by atoms with van der Waals surface area (Å²) in [5.41, 5.74) is -0.785. The van der Waals surface area contributed by atoms with Crippen LogP contribution in [0.5, 0.6) is 5.75 Å². The molecule has 2 unspecified atom stereocenters. The highest BCUT2D eigenvalue weighted by molar-refractivity contribution is 5.93. The lowest BCUT2D eigenvalue weighted by Gasteiger charge is -2.31. The van der Waals surface area contributed by atoms with Gasteiger partial charge in [0.2, 0.25) is 0 Å². The van der Waals surface area contributed by atoms with Crippen molar-refractivity contribution in [2.75, 3.05) is 0 Å². The van der Waals surface area contributed by atoms with Crippen LogP contribution >= 0.6 is 0 Å². The van der Waals surface area contributed by atoms with Crippen LogP contribution in [0.15, 0.2) is 18.2 Å². The molecule has 0 amide bonds. The summed E-state index contributed by atoms with van der Waals surface area (Å²) in [4.78, 5) is 21.7. The van der Waals surface area contributed by atoms with Gasteiger partial charge in [0.05, 0.1) is 4.92 Å². The fourth-order valence-electron chi connectivity index (χ4n) is 2.94. The second-order valence-corrected chi connectivity index (χ2v) is 5.32. The van der Waals surface area contributed by atoms with E-state index in [0.717, 1.165) is 32.1 Å². The van der Waals surface area contributed by atoms with Crippen molar-refractivity contribution in [2.24, 2.45) is 5.92 Å². The minimum absolute atomic E-state index is 0.0604. The van der Waals surface area contributed by atoms with Gasteiger partial charge in [0, 0.05) is 0 Å². The second kappa shape index (κ2) is 6.56. The molecule has 1 saturated carbocycles. The highest BCUT2D eigenvalue weighted by Crippen LogP contribution is 2.36. The van der Waals surface area contributed by atoms with Gasteiger partial charge in [-0.3, -0.25) is 10.1 Å². The monoisotopic (exact) mass is 293 g/mol. The van der Waals surface area contributed by atoms with Gasteiger partial charge >= 0.3 is 11.7 Å². The maximum absolute atomic E-state index is 11.2. The molecule has 1 fully saturated rings. The van der Waals surface area contributed by atoms with Crippen LogP contribution in [0.3, 0.4) is 0 Å². The summed E-state index contributed by atoms with van der Waals surface area (Å²) in [6, 6.07) is 4.19. The second-order valence-electron chi connectivity index (χ2n) is 5.32. The van der Waals surface area contributed by atoms with E-state index >= 15 is 0 Å². The van der Waals surface area contributed by atoms with Crippen LogP contribution in [0.4, 0.5) is 5.69 Å². The molecule has 0 radical (unpaired) electrons. The maximum atomic E-state index is 11.2.